The van der Waals surface area contributed by atoms with Gasteiger partial charge in [-0.3, -0.25) is 0 Å². The molecule has 0 heterocycles. The van der Waals surface area contributed by atoms with Gasteiger partial charge in [0.1, 0.15) is 11.5 Å². The average Bonchev–Trinajstić information content (AvgIpc) is 2.92. The second-order valence-corrected chi connectivity index (χ2v) is 9.57. The van der Waals surface area contributed by atoms with E-state index in [-0.39, 0.29) is 0 Å². The molecule has 0 unspecified atom stereocenters. The van der Waals surface area contributed by atoms with Crippen LogP contribution in [0.3, 0.4) is 0 Å². The Morgan fingerprint density at radius 1 is 0.472 bits per heavy atom. The van der Waals surface area contributed by atoms with Crippen molar-refractivity contribution >= 4 is 21.5 Å². The molecule has 0 spiro atoms. The van der Waals surface area contributed by atoms with Gasteiger partial charge in [0.05, 0.1) is 14.2 Å². The Hall–Kier alpha value is -3.08. The van der Waals surface area contributed by atoms with Gasteiger partial charge in [-0.05, 0) is 95.0 Å². The van der Waals surface area contributed by atoms with Crippen molar-refractivity contribution in [2.45, 2.75) is 51.6 Å². The zero-order valence-corrected chi connectivity index (χ0v) is 21.8. The van der Waals surface area contributed by atoms with E-state index in [1.807, 2.05) is 12.1 Å². The molecule has 0 atom stereocenters. The van der Waals surface area contributed by atoms with Gasteiger partial charge >= 0.3 is 0 Å². The number of methoxy groups -OCH3 is 2. The lowest BCUT2D eigenvalue weighted by atomic mass is 10.1. The molecule has 4 aromatic rings. The molecule has 0 bridgehead atoms. The summed E-state index contributed by atoms with van der Waals surface area (Å²) in [6.07, 6.45) is 7.76. The molecular formula is C32H40N2O2. The number of benzene rings is 4. The molecule has 0 aliphatic heterocycles. The Labute approximate surface area is 216 Å². The summed E-state index contributed by atoms with van der Waals surface area (Å²) in [4.78, 5) is 0. The number of nitrogens with one attached hydrogen (secondary N) is 2. The van der Waals surface area contributed by atoms with Crippen LogP contribution in [0.4, 0.5) is 0 Å². The summed E-state index contributed by atoms with van der Waals surface area (Å²) < 4.78 is 10.6. The molecule has 0 aliphatic rings. The molecule has 0 saturated carbocycles. The molecule has 4 nitrogen and oxygen atoms in total. The van der Waals surface area contributed by atoms with Gasteiger partial charge in [0, 0.05) is 13.1 Å². The fourth-order valence-electron chi connectivity index (χ4n) is 4.69. The first-order valence-corrected chi connectivity index (χ1v) is 13.3. The van der Waals surface area contributed by atoms with Crippen LogP contribution >= 0.6 is 0 Å². The minimum atomic E-state index is 0.910. The summed E-state index contributed by atoms with van der Waals surface area (Å²) in [5, 5.41) is 12.2. The molecule has 4 heteroatoms. The normalized spacial score (nSPS) is 11.3. The lowest BCUT2D eigenvalue weighted by Crippen LogP contribution is -2.15. The smallest absolute Gasteiger partial charge is 0.119 e. The number of ether oxygens (including phenoxy) is 2. The number of unbranched alkanes of at least 4 members (excludes halogenated alkanes) is 5. The molecule has 2 N–H and O–H groups in total. The second kappa shape index (κ2) is 13.9. The third-order valence-electron chi connectivity index (χ3n) is 6.84. The van der Waals surface area contributed by atoms with Crippen molar-refractivity contribution in [1.82, 2.24) is 10.6 Å². The van der Waals surface area contributed by atoms with E-state index in [2.05, 4.69) is 71.3 Å². The zero-order chi connectivity index (χ0) is 25.0. The Morgan fingerprint density at radius 3 is 1.31 bits per heavy atom. The summed E-state index contributed by atoms with van der Waals surface area (Å²) in [6, 6.07) is 25.8. The van der Waals surface area contributed by atoms with Gasteiger partial charge in [-0.1, -0.05) is 62.1 Å². The van der Waals surface area contributed by atoms with Crippen LogP contribution < -0.4 is 20.1 Å². The number of hydrogen-bond acceptors (Lipinski definition) is 4. The number of hydrogen-bond donors (Lipinski definition) is 2. The van der Waals surface area contributed by atoms with Crippen LogP contribution in [0, 0.1) is 0 Å². The molecule has 0 fully saturated rings. The van der Waals surface area contributed by atoms with Crippen molar-refractivity contribution in [2.75, 3.05) is 27.3 Å². The van der Waals surface area contributed by atoms with Gasteiger partial charge in [-0.25, -0.2) is 0 Å². The van der Waals surface area contributed by atoms with Crippen molar-refractivity contribution in [3.63, 3.8) is 0 Å². The summed E-state index contributed by atoms with van der Waals surface area (Å²) in [5.74, 6) is 1.82. The predicted octanol–water partition coefficient (Wildman–Crippen LogP) is 7.23. The minimum Gasteiger partial charge on any atom is -0.497 e. The van der Waals surface area contributed by atoms with Crippen LogP contribution in [0.2, 0.25) is 0 Å². The molecule has 0 aliphatic carbocycles. The first kappa shape index (κ1) is 26.0. The quantitative estimate of drug-likeness (QED) is 0.175. The van der Waals surface area contributed by atoms with E-state index in [9.17, 15) is 0 Å². The first-order chi connectivity index (χ1) is 17.7. The second-order valence-electron chi connectivity index (χ2n) is 9.57. The monoisotopic (exact) mass is 484 g/mol. The SMILES string of the molecule is COc1ccc2cc(CNCCCCCCCCNCc3ccc4cc(OC)ccc4c3)ccc2c1. The van der Waals surface area contributed by atoms with Gasteiger partial charge in [0.15, 0.2) is 0 Å². The highest BCUT2D eigenvalue weighted by molar-refractivity contribution is 5.85. The topological polar surface area (TPSA) is 42.5 Å². The maximum atomic E-state index is 5.31. The summed E-state index contributed by atoms with van der Waals surface area (Å²) in [7, 11) is 3.42. The lowest BCUT2D eigenvalue weighted by Gasteiger charge is -2.08. The van der Waals surface area contributed by atoms with E-state index in [1.165, 1.54) is 71.2 Å². The molecule has 36 heavy (non-hydrogen) atoms. The van der Waals surface area contributed by atoms with Gasteiger partial charge in [-0.2, -0.15) is 0 Å². The fourth-order valence-corrected chi connectivity index (χ4v) is 4.69. The zero-order valence-electron chi connectivity index (χ0n) is 21.8. The average molecular weight is 485 g/mol. The minimum absolute atomic E-state index is 0.910. The van der Waals surface area contributed by atoms with Crippen LogP contribution in [0.1, 0.15) is 49.7 Å². The third kappa shape index (κ3) is 7.71. The van der Waals surface area contributed by atoms with Gasteiger partial charge in [0.2, 0.25) is 0 Å². The largest absolute Gasteiger partial charge is 0.497 e. The van der Waals surface area contributed by atoms with Crippen molar-refractivity contribution in [1.29, 1.82) is 0 Å². The Kier molecular flexibility index (Phi) is 10.0. The molecule has 0 radical (unpaired) electrons. The Balaban J connectivity index is 1.01. The van der Waals surface area contributed by atoms with Crippen LogP contribution in [-0.4, -0.2) is 27.3 Å². The van der Waals surface area contributed by atoms with Gasteiger partial charge in [0.25, 0.3) is 0 Å². The Bertz CT molecular complexity index is 1140. The highest BCUT2D eigenvalue weighted by Gasteiger charge is 2.01. The fraction of sp³-hybridized carbons (Fsp3) is 0.375. The summed E-state index contributed by atoms with van der Waals surface area (Å²) in [5.41, 5.74) is 2.67. The van der Waals surface area contributed by atoms with E-state index < -0.39 is 0 Å². The van der Waals surface area contributed by atoms with Gasteiger partial charge in [-0.15, -0.1) is 0 Å². The number of rotatable bonds is 15. The van der Waals surface area contributed by atoms with Crippen molar-refractivity contribution in [3.8, 4) is 11.5 Å². The van der Waals surface area contributed by atoms with E-state index in [0.29, 0.717) is 0 Å². The first-order valence-electron chi connectivity index (χ1n) is 13.3. The molecule has 4 rings (SSSR count). The highest BCUT2D eigenvalue weighted by atomic mass is 16.5. The number of fused-ring (bicyclic) bond motifs is 2. The lowest BCUT2D eigenvalue weighted by molar-refractivity contribution is 0.415. The molecular weight excluding hydrogens is 444 g/mol. The maximum absolute atomic E-state index is 5.31. The third-order valence-corrected chi connectivity index (χ3v) is 6.84. The standard InChI is InChI=1S/C32H40N2O2/c1-35-31-15-13-27-19-25(9-11-29(27)21-31)23-33-17-7-5-3-4-6-8-18-34-24-26-10-12-30-22-32(36-2)16-14-28(30)20-26/h9-16,19-22,33-34H,3-8,17-18,23-24H2,1-2H3. The molecule has 0 aromatic heterocycles. The summed E-state index contributed by atoms with van der Waals surface area (Å²) in [6.45, 7) is 4.03. The van der Waals surface area contributed by atoms with Crippen molar-refractivity contribution < 1.29 is 9.47 Å². The van der Waals surface area contributed by atoms with Crippen LogP contribution in [0.25, 0.3) is 21.5 Å². The van der Waals surface area contributed by atoms with Crippen molar-refractivity contribution in [2.24, 2.45) is 0 Å². The molecule has 4 aromatic carbocycles. The van der Waals surface area contributed by atoms with Crippen LogP contribution in [0.5, 0.6) is 11.5 Å². The van der Waals surface area contributed by atoms with E-state index >= 15 is 0 Å². The van der Waals surface area contributed by atoms with E-state index in [1.54, 1.807) is 14.2 Å². The predicted molar refractivity (Wildman–Crippen MR) is 152 cm³/mol. The van der Waals surface area contributed by atoms with Crippen molar-refractivity contribution in [3.05, 3.63) is 83.9 Å². The molecule has 0 amide bonds. The molecule has 0 saturated heterocycles. The van der Waals surface area contributed by atoms with Crippen LogP contribution in [0.15, 0.2) is 72.8 Å². The van der Waals surface area contributed by atoms with Gasteiger partial charge < -0.3 is 20.1 Å². The highest BCUT2D eigenvalue weighted by Crippen LogP contribution is 2.23. The summed E-state index contributed by atoms with van der Waals surface area (Å²) >= 11 is 0. The van der Waals surface area contributed by atoms with E-state index in [4.69, 9.17) is 9.47 Å². The van der Waals surface area contributed by atoms with E-state index in [0.717, 1.165) is 37.7 Å². The maximum Gasteiger partial charge on any atom is 0.119 e. The Morgan fingerprint density at radius 2 is 0.861 bits per heavy atom. The van der Waals surface area contributed by atoms with Crippen LogP contribution in [-0.2, 0) is 13.1 Å². The molecule has 190 valence electrons.